The van der Waals surface area contributed by atoms with Gasteiger partial charge in [0.25, 0.3) is 0 Å². The van der Waals surface area contributed by atoms with Gasteiger partial charge in [0.05, 0.1) is 12.1 Å². The Hall–Kier alpha value is -1.65. The predicted octanol–water partition coefficient (Wildman–Crippen LogP) is 1.90. The lowest BCUT2D eigenvalue weighted by Crippen LogP contribution is -2.10. The molecular weight excluding hydrogens is 184 g/mol. The molecule has 1 rings (SSSR count). The number of hydrogen-bond acceptors (Lipinski definition) is 4. The van der Waals surface area contributed by atoms with Crippen molar-refractivity contribution in [2.75, 3.05) is 0 Å². The molecule has 0 saturated heterocycles. The molecule has 0 spiro atoms. The molecule has 3 nitrogen and oxygen atoms in total. The molecule has 0 fully saturated rings. The fourth-order valence-electron chi connectivity index (χ4n) is 0.915. The number of ketones is 1. The minimum absolute atomic E-state index is 0.399. The van der Waals surface area contributed by atoms with Gasteiger partial charge in [0, 0.05) is 10.9 Å². The summed E-state index contributed by atoms with van der Waals surface area (Å²) in [4.78, 5) is 11.5. The van der Waals surface area contributed by atoms with Crippen molar-refractivity contribution in [2.24, 2.45) is 5.92 Å². The number of aryl methyl sites for hydroxylation is 1. The van der Waals surface area contributed by atoms with Gasteiger partial charge < -0.3 is 0 Å². The van der Waals surface area contributed by atoms with Gasteiger partial charge in [-0.1, -0.05) is 0 Å². The van der Waals surface area contributed by atoms with E-state index in [-0.39, 0.29) is 0 Å². The summed E-state index contributed by atoms with van der Waals surface area (Å²) in [7, 11) is 0. The molecule has 1 aromatic rings. The number of carbonyl (C=O) groups is 1. The minimum Gasteiger partial charge on any atom is -0.291 e. The van der Waals surface area contributed by atoms with E-state index in [1.807, 2.05) is 5.38 Å². The van der Waals surface area contributed by atoms with Crippen LogP contribution in [0.1, 0.15) is 15.9 Å². The van der Waals surface area contributed by atoms with Crippen LogP contribution in [0, 0.1) is 35.5 Å². The van der Waals surface area contributed by atoms with Gasteiger partial charge in [0.15, 0.2) is 11.7 Å². The highest BCUT2D eigenvalue weighted by Crippen LogP contribution is 2.17. The van der Waals surface area contributed by atoms with E-state index < -0.39 is 11.7 Å². The zero-order chi connectivity index (χ0) is 9.84. The number of thiophene rings is 1. The Kier molecular flexibility index (Phi) is 2.79. The third kappa shape index (κ3) is 1.74. The van der Waals surface area contributed by atoms with E-state index in [1.165, 1.54) is 11.3 Å². The van der Waals surface area contributed by atoms with Gasteiger partial charge in [0.2, 0.25) is 0 Å². The van der Waals surface area contributed by atoms with Crippen molar-refractivity contribution in [2.45, 2.75) is 6.92 Å². The summed E-state index contributed by atoms with van der Waals surface area (Å²) in [5.41, 5.74) is 1.31. The second-order valence-electron chi connectivity index (χ2n) is 2.52. The molecule has 64 valence electrons. The molecule has 0 aliphatic rings. The monoisotopic (exact) mass is 190 g/mol. The van der Waals surface area contributed by atoms with Crippen molar-refractivity contribution < 1.29 is 4.79 Å². The van der Waals surface area contributed by atoms with Crippen molar-refractivity contribution in [3.05, 3.63) is 21.9 Å². The number of rotatable bonds is 2. The minimum atomic E-state index is -1.17. The zero-order valence-electron chi connectivity index (χ0n) is 6.94. The molecule has 0 saturated carbocycles. The number of carbonyl (C=O) groups excluding carboxylic acids is 1. The largest absolute Gasteiger partial charge is 0.291 e. The summed E-state index contributed by atoms with van der Waals surface area (Å²) in [5.74, 6) is -1.57. The molecule has 0 radical (unpaired) electrons. The maximum atomic E-state index is 11.5. The van der Waals surface area contributed by atoms with Crippen molar-refractivity contribution >= 4 is 17.1 Å². The SMILES string of the molecule is Cc1cscc1C(=O)C(C#N)C#N. The summed E-state index contributed by atoms with van der Waals surface area (Å²) < 4.78 is 0. The molecule has 0 aromatic carbocycles. The van der Waals surface area contributed by atoms with Gasteiger partial charge in [-0.3, -0.25) is 4.79 Å². The van der Waals surface area contributed by atoms with E-state index in [4.69, 9.17) is 10.5 Å². The number of hydrogen-bond donors (Lipinski definition) is 0. The van der Waals surface area contributed by atoms with E-state index in [0.29, 0.717) is 5.56 Å². The summed E-state index contributed by atoms with van der Waals surface area (Å²) >= 11 is 1.39. The van der Waals surface area contributed by atoms with Crippen LogP contribution in [-0.4, -0.2) is 5.78 Å². The topological polar surface area (TPSA) is 64.7 Å². The number of nitriles is 2. The van der Waals surface area contributed by atoms with Crippen LogP contribution in [0.4, 0.5) is 0 Å². The Balaban J connectivity index is 3.01. The maximum absolute atomic E-state index is 11.5. The third-order valence-electron chi connectivity index (χ3n) is 1.64. The smallest absolute Gasteiger partial charge is 0.195 e. The first-order chi connectivity index (χ1) is 6.20. The maximum Gasteiger partial charge on any atom is 0.195 e. The van der Waals surface area contributed by atoms with E-state index in [1.54, 1.807) is 24.4 Å². The Morgan fingerprint density at radius 2 is 2.08 bits per heavy atom. The molecule has 0 amide bonds. The Morgan fingerprint density at radius 1 is 1.46 bits per heavy atom. The van der Waals surface area contributed by atoms with Gasteiger partial charge >= 0.3 is 0 Å². The highest BCUT2D eigenvalue weighted by Gasteiger charge is 2.20. The van der Waals surface area contributed by atoms with Gasteiger partial charge in [-0.05, 0) is 17.9 Å². The van der Waals surface area contributed by atoms with Crippen LogP contribution in [0.25, 0.3) is 0 Å². The van der Waals surface area contributed by atoms with Crippen LogP contribution < -0.4 is 0 Å². The van der Waals surface area contributed by atoms with Crippen molar-refractivity contribution in [3.63, 3.8) is 0 Å². The van der Waals surface area contributed by atoms with Crippen LogP contribution in [0.15, 0.2) is 10.8 Å². The fraction of sp³-hybridized carbons (Fsp3) is 0.222. The Labute approximate surface area is 79.8 Å². The van der Waals surface area contributed by atoms with Gasteiger partial charge in [0.1, 0.15) is 0 Å². The van der Waals surface area contributed by atoms with E-state index >= 15 is 0 Å². The van der Waals surface area contributed by atoms with Crippen LogP contribution in [0.5, 0.6) is 0 Å². The second kappa shape index (κ2) is 3.84. The van der Waals surface area contributed by atoms with Crippen LogP contribution in [0.3, 0.4) is 0 Å². The predicted molar refractivity (Wildman–Crippen MR) is 48.1 cm³/mol. The lowest BCUT2D eigenvalue weighted by atomic mass is 10.0. The molecule has 1 heterocycles. The third-order valence-corrected chi connectivity index (χ3v) is 2.50. The van der Waals surface area contributed by atoms with E-state index in [2.05, 4.69) is 0 Å². The van der Waals surface area contributed by atoms with Crippen LogP contribution in [-0.2, 0) is 0 Å². The highest BCUT2D eigenvalue weighted by atomic mass is 32.1. The molecule has 0 atom stereocenters. The van der Waals surface area contributed by atoms with Crippen molar-refractivity contribution in [1.29, 1.82) is 10.5 Å². The summed E-state index contributed by atoms with van der Waals surface area (Å²) in [6.45, 7) is 1.79. The molecule has 0 aliphatic carbocycles. The highest BCUT2D eigenvalue weighted by molar-refractivity contribution is 7.08. The summed E-state index contributed by atoms with van der Waals surface area (Å²) in [5, 5.41) is 20.5. The Bertz CT molecular complexity index is 394. The lowest BCUT2D eigenvalue weighted by Gasteiger charge is -1.97. The van der Waals surface area contributed by atoms with Crippen LogP contribution in [0.2, 0.25) is 0 Å². The quantitative estimate of drug-likeness (QED) is 0.669. The molecule has 0 aliphatic heterocycles. The average Bonchev–Trinajstić information content (AvgIpc) is 2.53. The number of Topliss-reactive ketones (excluding diaryl/α,β-unsaturated/α-hetero) is 1. The summed E-state index contributed by atoms with van der Waals surface area (Å²) in [6, 6.07) is 3.32. The zero-order valence-corrected chi connectivity index (χ0v) is 7.76. The number of nitrogens with zero attached hydrogens (tertiary/aromatic N) is 2. The fourth-order valence-corrected chi connectivity index (χ4v) is 1.75. The Morgan fingerprint density at radius 3 is 2.46 bits per heavy atom. The molecule has 0 bridgehead atoms. The summed E-state index contributed by atoms with van der Waals surface area (Å²) in [6.07, 6.45) is 0. The lowest BCUT2D eigenvalue weighted by molar-refractivity contribution is 0.0971. The van der Waals surface area contributed by atoms with Gasteiger partial charge in [-0.2, -0.15) is 21.9 Å². The molecule has 4 heteroatoms. The normalized spacial score (nSPS) is 9.23. The molecule has 13 heavy (non-hydrogen) atoms. The standard InChI is InChI=1S/C9H6N2OS/c1-6-4-13-5-8(6)9(12)7(2-10)3-11/h4-5,7H,1H3. The van der Waals surface area contributed by atoms with Crippen molar-refractivity contribution in [1.82, 2.24) is 0 Å². The van der Waals surface area contributed by atoms with E-state index in [9.17, 15) is 4.79 Å². The van der Waals surface area contributed by atoms with Crippen molar-refractivity contribution in [3.8, 4) is 12.1 Å². The molecule has 0 N–H and O–H groups in total. The van der Waals surface area contributed by atoms with Gasteiger partial charge in [-0.25, -0.2) is 0 Å². The molecule has 1 aromatic heterocycles. The first kappa shape index (κ1) is 9.44. The average molecular weight is 190 g/mol. The van der Waals surface area contributed by atoms with Crippen LogP contribution >= 0.6 is 11.3 Å². The van der Waals surface area contributed by atoms with E-state index in [0.717, 1.165) is 5.56 Å². The second-order valence-corrected chi connectivity index (χ2v) is 3.27. The molecule has 0 unspecified atom stereocenters. The van der Waals surface area contributed by atoms with Gasteiger partial charge in [-0.15, -0.1) is 0 Å². The first-order valence-corrected chi connectivity index (χ1v) is 4.51. The molecular formula is C9H6N2OS. The first-order valence-electron chi connectivity index (χ1n) is 3.57.